The van der Waals surface area contributed by atoms with Gasteiger partial charge in [0.2, 0.25) is 5.92 Å². The van der Waals surface area contributed by atoms with Crippen molar-refractivity contribution in [2.45, 2.75) is 58.4 Å². The molecule has 0 N–H and O–H groups in total. The van der Waals surface area contributed by atoms with Crippen molar-refractivity contribution >= 4 is 17.0 Å². The molecule has 3 heterocycles. The van der Waals surface area contributed by atoms with Crippen molar-refractivity contribution in [3.63, 3.8) is 0 Å². The first-order chi connectivity index (χ1) is 16.7. The number of rotatable bonds is 6. The molecule has 9 heteroatoms. The molecular weight excluding hydrogens is 475 g/mol. The second-order valence-electron chi connectivity index (χ2n) is 9.53. The normalized spacial score (nSPS) is 15.7. The van der Waals surface area contributed by atoms with Crippen LogP contribution in [0.15, 0.2) is 47.2 Å². The Morgan fingerprint density at radius 2 is 1.86 bits per heavy atom. The summed E-state index contributed by atoms with van der Waals surface area (Å²) >= 11 is 0. The number of hydrogen-bond donors (Lipinski definition) is 0. The summed E-state index contributed by atoms with van der Waals surface area (Å²) in [6.07, 6.45) is 4.49. The van der Waals surface area contributed by atoms with E-state index < -0.39 is 11.9 Å². The molecule has 1 saturated carbocycles. The summed E-state index contributed by atoms with van der Waals surface area (Å²) in [5.74, 6) is -2.82. The number of pyridine rings is 1. The zero-order valence-corrected chi connectivity index (χ0v) is 22.7. The third-order valence-corrected chi connectivity index (χ3v) is 6.94. The first-order valence-corrected chi connectivity index (χ1v) is 11.8. The molecule has 5 rings (SSSR count). The van der Waals surface area contributed by atoms with Crippen LogP contribution in [0.5, 0.6) is 0 Å². The van der Waals surface area contributed by atoms with Crippen molar-refractivity contribution in [2.24, 2.45) is 5.92 Å². The van der Waals surface area contributed by atoms with Crippen LogP contribution in [0.4, 0.5) is 8.78 Å². The van der Waals surface area contributed by atoms with Crippen LogP contribution in [0.1, 0.15) is 42.7 Å². The van der Waals surface area contributed by atoms with Gasteiger partial charge in [-0.1, -0.05) is 29.4 Å². The van der Waals surface area contributed by atoms with E-state index in [1.807, 2.05) is 32.2 Å². The van der Waals surface area contributed by atoms with Crippen LogP contribution in [0, 0.1) is 19.8 Å². The van der Waals surface area contributed by atoms with Gasteiger partial charge < -0.3 is 19.0 Å². The van der Waals surface area contributed by atoms with Crippen LogP contribution in [-0.4, -0.2) is 26.6 Å². The maximum atomic E-state index is 13.7. The number of halogens is 2. The Hall–Kier alpha value is -2.55. The molecule has 182 valence electrons. The van der Waals surface area contributed by atoms with E-state index >= 15 is 0 Å². The number of aromatic nitrogens is 3. The van der Waals surface area contributed by atoms with Crippen LogP contribution < -0.4 is 34.7 Å². The van der Waals surface area contributed by atoms with Gasteiger partial charge in [-0.2, -0.15) is 0 Å². The minimum absolute atomic E-state index is 0. The molecule has 0 atom stereocenters. The van der Waals surface area contributed by atoms with Crippen LogP contribution in [0.25, 0.3) is 33.3 Å². The van der Waals surface area contributed by atoms with E-state index in [1.54, 1.807) is 18.3 Å². The summed E-state index contributed by atoms with van der Waals surface area (Å²) in [5, 5.41) is 15.0. The molecular formula is C27H26F2N3NaO3. The summed E-state index contributed by atoms with van der Waals surface area (Å²) in [4.78, 5) is 15.7. The predicted molar refractivity (Wildman–Crippen MR) is 126 cm³/mol. The SMILES string of the molecule is Cc1noc(C)c1-c1cnc2c(-c3ccc(CC(=O)[O-])cc3)cn(CC3CCC(F)(F)CC3)c2c1.[Na+]. The first-order valence-electron chi connectivity index (χ1n) is 11.8. The molecule has 1 aliphatic carbocycles. The van der Waals surface area contributed by atoms with Crippen molar-refractivity contribution in [2.75, 3.05) is 0 Å². The van der Waals surface area contributed by atoms with E-state index in [9.17, 15) is 18.7 Å². The van der Waals surface area contributed by atoms with E-state index in [4.69, 9.17) is 9.51 Å². The number of fused-ring (bicyclic) bond motifs is 1. The number of nitrogens with zero attached hydrogens (tertiary/aromatic N) is 3. The fourth-order valence-electron chi connectivity index (χ4n) is 5.09. The Labute approximate surface area is 230 Å². The summed E-state index contributed by atoms with van der Waals surface area (Å²) < 4.78 is 34.9. The molecule has 0 aliphatic heterocycles. The van der Waals surface area contributed by atoms with Gasteiger partial charge in [-0.15, -0.1) is 0 Å². The van der Waals surface area contributed by atoms with E-state index in [1.165, 1.54) is 0 Å². The van der Waals surface area contributed by atoms with Gasteiger partial charge in [0.25, 0.3) is 0 Å². The van der Waals surface area contributed by atoms with Crippen molar-refractivity contribution in [3.8, 4) is 22.3 Å². The van der Waals surface area contributed by atoms with E-state index in [2.05, 4.69) is 15.8 Å². The Balaban J connectivity index is 0.00000304. The number of carbonyl (C=O) groups excluding carboxylic acids is 1. The molecule has 3 aromatic heterocycles. The number of carboxylic acid groups (broad SMARTS) is 1. The molecule has 0 saturated heterocycles. The molecule has 1 aromatic carbocycles. The molecule has 0 amide bonds. The number of carbonyl (C=O) groups is 1. The van der Waals surface area contributed by atoms with Gasteiger partial charge in [-0.25, -0.2) is 8.78 Å². The van der Waals surface area contributed by atoms with Gasteiger partial charge >= 0.3 is 29.6 Å². The first kappa shape index (κ1) is 26.5. The number of aryl methyl sites for hydroxylation is 2. The van der Waals surface area contributed by atoms with E-state index in [-0.39, 0.29) is 54.7 Å². The molecule has 1 aliphatic rings. The number of benzene rings is 1. The Morgan fingerprint density at radius 3 is 2.47 bits per heavy atom. The van der Waals surface area contributed by atoms with Gasteiger partial charge in [0.05, 0.1) is 16.7 Å². The van der Waals surface area contributed by atoms with Gasteiger partial charge in [-0.05, 0) is 49.8 Å². The third kappa shape index (κ3) is 5.41. The van der Waals surface area contributed by atoms with Crippen LogP contribution in [0.2, 0.25) is 0 Å². The second kappa shape index (κ2) is 10.4. The maximum Gasteiger partial charge on any atom is 1.00 e. The van der Waals surface area contributed by atoms with Crippen molar-refractivity contribution in [1.82, 2.24) is 14.7 Å². The minimum Gasteiger partial charge on any atom is -0.550 e. The largest absolute Gasteiger partial charge is 1.00 e. The molecule has 0 spiro atoms. The van der Waals surface area contributed by atoms with Crippen LogP contribution >= 0.6 is 0 Å². The Morgan fingerprint density at radius 1 is 1.17 bits per heavy atom. The monoisotopic (exact) mass is 501 g/mol. The average molecular weight is 502 g/mol. The molecule has 1 fully saturated rings. The van der Waals surface area contributed by atoms with Gasteiger partial charge in [0, 0.05) is 60.9 Å². The molecule has 4 aromatic rings. The standard InChI is InChI=1S/C27H27F2N3O3.Na/c1-16-25(17(2)35-31-16)21-12-23-26(30-13-21)22(20-5-3-18(4-6-20)11-24(33)34)15-32(23)14-19-7-9-27(28,29)10-8-19;/h3-6,12-13,15,19H,7-11,14H2,1-2H3,(H,33,34);/q;+1/p-1. The number of carboxylic acids is 1. The molecule has 0 unspecified atom stereocenters. The summed E-state index contributed by atoms with van der Waals surface area (Å²) in [5.41, 5.74) is 6.75. The quantitative estimate of drug-likeness (QED) is 0.378. The zero-order chi connectivity index (χ0) is 24.7. The summed E-state index contributed by atoms with van der Waals surface area (Å²) in [7, 11) is 0. The summed E-state index contributed by atoms with van der Waals surface area (Å²) in [6, 6.07) is 9.36. The topological polar surface area (TPSA) is 84.0 Å². The van der Waals surface area contributed by atoms with Crippen molar-refractivity contribution < 1.29 is 52.8 Å². The number of alkyl halides is 2. The Bertz CT molecular complexity index is 1370. The van der Waals surface area contributed by atoms with Gasteiger partial charge in [-0.3, -0.25) is 4.98 Å². The maximum absolute atomic E-state index is 13.7. The Kier molecular flexibility index (Phi) is 7.69. The van der Waals surface area contributed by atoms with E-state index in [0.717, 1.165) is 39.0 Å². The van der Waals surface area contributed by atoms with Crippen LogP contribution in [-0.2, 0) is 17.8 Å². The second-order valence-corrected chi connectivity index (χ2v) is 9.53. The smallest absolute Gasteiger partial charge is 0.550 e. The summed E-state index contributed by atoms with van der Waals surface area (Å²) in [6.45, 7) is 4.37. The van der Waals surface area contributed by atoms with Gasteiger partial charge in [0.15, 0.2) is 0 Å². The predicted octanol–water partition coefficient (Wildman–Crippen LogP) is 2.10. The fourth-order valence-corrected chi connectivity index (χ4v) is 5.09. The number of aliphatic carboxylic acids is 1. The molecule has 36 heavy (non-hydrogen) atoms. The van der Waals surface area contributed by atoms with Gasteiger partial charge in [0.1, 0.15) is 5.76 Å². The number of hydrogen-bond acceptors (Lipinski definition) is 5. The van der Waals surface area contributed by atoms with Crippen LogP contribution in [0.3, 0.4) is 0 Å². The van der Waals surface area contributed by atoms with Crippen molar-refractivity contribution in [3.05, 3.63) is 59.7 Å². The average Bonchev–Trinajstić information content (AvgIpc) is 3.34. The fraction of sp³-hybridized carbons (Fsp3) is 0.370. The molecule has 0 radical (unpaired) electrons. The van der Waals surface area contributed by atoms with E-state index in [0.29, 0.717) is 30.7 Å². The minimum atomic E-state index is -2.56. The third-order valence-electron chi connectivity index (χ3n) is 6.94. The molecule has 0 bridgehead atoms. The van der Waals surface area contributed by atoms with Crippen molar-refractivity contribution in [1.29, 1.82) is 0 Å². The molecule has 6 nitrogen and oxygen atoms in total. The zero-order valence-electron chi connectivity index (χ0n) is 20.7.